The number of anilines is 1. The number of carbonyl (C=O) groups is 1. The van der Waals surface area contributed by atoms with E-state index in [1.807, 2.05) is 48.5 Å². The highest BCUT2D eigenvalue weighted by Gasteiger charge is 2.21. The molecule has 0 fully saturated rings. The number of aryl methyl sites for hydroxylation is 3. The number of hydrogen-bond donors (Lipinski definition) is 1. The predicted molar refractivity (Wildman–Crippen MR) is 141 cm³/mol. The van der Waals surface area contributed by atoms with Crippen LogP contribution in [0.2, 0.25) is 0 Å². The summed E-state index contributed by atoms with van der Waals surface area (Å²) >= 11 is 0. The maximum absolute atomic E-state index is 13.0. The number of nitrogens with one attached hydrogen (secondary N) is 1. The summed E-state index contributed by atoms with van der Waals surface area (Å²) in [6.07, 6.45) is 1.19. The Morgan fingerprint density at radius 3 is 1.85 bits per heavy atom. The van der Waals surface area contributed by atoms with E-state index >= 15 is 0 Å². The Kier molecular flexibility index (Phi) is 13.5. The minimum absolute atomic E-state index is 0.102. The van der Waals surface area contributed by atoms with Gasteiger partial charge in [-0.25, -0.2) is 8.42 Å². The van der Waals surface area contributed by atoms with Crippen LogP contribution < -0.4 is 9.45 Å². The summed E-state index contributed by atoms with van der Waals surface area (Å²) in [5.74, 6) is -0.435. The monoisotopic (exact) mass is 486 g/mol. The van der Waals surface area contributed by atoms with Gasteiger partial charge in [0, 0.05) is 18.6 Å². The molecular weight excluding hydrogens is 448 g/mol. The van der Waals surface area contributed by atoms with Crippen LogP contribution in [0.5, 0.6) is 0 Å². The first-order chi connectivity index (χ1) is 16.2. The van der Waals surface area contributed by atoms with Crippen LogP contribution in [0.4, 0.5) is 5.69 Å². The first-order valence-corrected chi connectivity index (χ1v) is 13.1. The van der Waals surface area contributed by atoms with Gasteiger partial charge >= 0.3 is 0 Å². The highest BCUT2D eigenvalue weighted by molar-refractivity contribution is 7.92. The Hall–Kier alpha value is -3.19. The van der Waals surface area contributed by atoms with Gasteiger partial charge in [-0.3, -0.25) is 9.52 Å². The van der Waals surface area contributed by atoms with Crippen LogP contribution in [0.15, 0.2) is 65.7 Å². The normalized spacial score (nSPS) is 9.79. The number of nitrogens with zero attached hydrogens (tertiary/aromatic N) is 1. The second-order valence-corrected chi connectivity index (χ2v) is 8.36. The average molecular weight is 487 g/mol. The fourth-order valence-electron chi connectivity index (χ4n) is 2.70. The lowest BCUT2D eigenvalue weighted by Crippen LogP contribution is -2.30. The predicted octanol–water partition coefficient (Wildman–Crippen LogP) is 6.36. The van der Waals surface area contributed by atoms with E-state index in [1.54, 1.807) is 56.3 Å². The molecule has 0 atom stereocenters. The van der Waals surface area contributed by atoms with E-state index in [1.165, 1.54) is 18.3 Å². The molecule has 0 amide bonds. The van der Waals surface area contributed by atoms with E-state index in [-0.39, 0.29) is 21.7 Å². The molecule has 0 spiro atoms. The van der Waals surface area contributed by atoms with Gasteiger partial charge in [0.2, 0.25) is 5.78 Å². The minimum atomic E-state index is -3.87. The Bertz CT molecular complexity index is 1160. The van der Waals surface area contributed by atoms with Crippen LogP contribution in [0, 0.1) is 26.0 Å². The third-order valence-electron chi connectivity index (χ3n) is 4.37. The van der Waals surface area contributed by atoms with Gasteiger partial charge in [-0.15, -0.1) is 0 Å². The van der Waals surface area contributed by atoms with Crippen molar-refractivity contribution in [1.82, 2.24) is 0 Å². The summed E-state index contributed by atoms with van der Waals surface area (Å²) < 4.78 is 28.6. The maximum atomic E-state index is 13.0. The number of ketones is 1. The number of sulfonamides is 1. The smallest absolute Gasteiger partial charge is 0.261 e. The number of carbonyl (C=O) groups excluding carboxylic acids is 1. The number of benzene rings is 2. The van der Waals surface area contributed by atoms with Gasteiger partial charge < -0.3 is 5.21 Å². The third-order valence-corrected chi connectivity index (χ3v) is 5.75. The highest BCUT2D eigenvalue weighted by atomic mass is 32.2. The molecule has 0 aliphatic heterocycles. The van der Waals surface area contributed by atoms with Crippen molar-refractivity contribution in [2.45, 2.75) is 67.2 Å². The van der Waals surface area contributed by atoms with Crippen molar-refractivity contribution < 1.29 is 17.9 Å². The van der Waals surface area contributed by atoms with E-state index in [4.69, 9.17) is 0 Å². The Morgan fingerprint density at radius 2 is 1.32 bits per heavy atom. The van der Waals surface area contributed by atoms with Crippen molar-refractivity contribution in [3.8, 4) is 0 Å². The lowest BCUT2D eigenvalue weighted by Gasteiger charge is -2.13. The zero-order chi connectivity index (χ0) is 26.5. The van der Waals surface area contributed by atoms with E-state index in [0.29, 0.717) is 10.4 Å². The lowest BCUT2D eigenvalue weighted by molar-refractivity contribution is -0.612. The number of aromatic nitrogens is 1. The van der Waals surface area contributed by atoms with Gasteiger partial charge in [0.25, 0.3) is 10.0 Å². The first-order valence-electron chi connectivity index (χ1n) is 11.6. The summed E-state index contributed by atoms with van der Waals surface area (Å²) in [7, 11) is -3.87. The van der Waals surface area contributed by atoms with Gasteiger partial charge in [0.15, 0.2) is 11.9 Å². The molecule has 3 aromatic rings. The maximum Gasteiger partial charge on any atom is 0.261 e. The van der Waals surface area contributed by atoms with Crippen molar-refractivity contribution >= 4 is 21.5 Å². The highest BCUT2D eigenvalue weighted by Crippen LogP contribution is 2.24. The topological polar surface area (TPSA) is 90.2 Å². The summed E-state index contributed by atoms with van der Waals surface area (Å²) in [6, 6.07) is 14.4. The molecule has 0 saturated heterocycles. The zero-order valence-corrected chi connectivity index (χ0v) is 22.6. The molecule has 3 rings (SSSR count). The van der Waals surface area contributed by atoms with Crippen LogP contribution in [0.1, 0.15) is 74.3 Å². The van der Waals surface area contributed by atoms with Crippen LogP contribution in [-0.4, -0.2) is 14.2 Å². The molecule has 0 aliphatic rings. The largest absolute Gasteiger partial charge is 0.618 e. The second-order valence-electron chi connectivity index (χ2n) is 6.68. The SMILES string of the molecule is CC.CC.CC.Cc1ccc(S(=O)(=O)Nc2ccc(C)cc2C(=O)c2ccc(C)[n+]([O-])c2)cc1. The van der Waals surface area contributed by atoms with E-state index in [9.17, 15) is 18.4 Å². The Morgan fingerprint density at radius 1 is 0.794 bits per heavy atom. The molecule has 0 radical (unpaired) electrons. The molecule has 0 aliphatic carbocycles. The molecule has 1 aromatic heterocycles. The molecule has 0 saturated carbocycles. The molecule has 0 unspecified atom stereocenters. The van der Waals surface area contributed by atoms with E-state index in [2.05, 4.69) is 4.72 Å². The van der Waals surface area contributed by atoms with Crippen molar-refractivity contribution in [1.29, 1.82) is 0 Å². The molecule has 6 nitrogen and oxygen atoms in total. The summed E-state index contributed by atoms with van der Waals surface area (Å²) in [6.45, 7) is 17.3. The molecule has 7 heteroatoms. The first kappa shape index (κ1) is 30.8. The molecule has 0 bridgehead atoms. The lowest BCUT2D eigenvalue weighted by atomic mass is 10.0. The fourth-order valence-corrected chi connectivity index (χ4v) is 3.78. The van der Waals surface area contributed by atoms with Crippen LogP contribution in [-0.2, 0) is 10.0 Å². The minimum Gasteiger partial charge on any atom is -0.618 e. The number of hydrogen-bond acceptors (Lipinski definition) is 4. The third kappa shape index (κ3) is 8.30. The quantitative estimate of drug-likeness (QED) is 0.258. The molecule has 1 heterocycles. The van der Waals surface area contributed by atoms with Gasteiger partial charge in [-0.05, 0) is 44.2 Å². The van der Waals surface area contributed by atoms with Crippen molar-refractivity contribution in [2.75, 3.05) is 4.72 Å². The fraction of sp³-hybridized carbons (Fsp3) is 0.333. The zero-order valence-electron chi connectivity index (χ0n) is 21.8. The molecule has 186 valence electrons. The molecule has 34 heavy (non-hydrogen) atoms. The molecule has 1 N–H and O–H groups in total. The molecular formula is C27H38N2O4S. The van der Waals surface area contributed by atoms with E-state index < -0.39 is 15.8 Å². The van der Waals surface area contributed by atoms with E-state index in [0.717, 1.165) is 11.1 Å². The van der Waals surface area contributed by atoms with Crippen molar-refractivity contribution in [3.63, 3.8) is 0 Å². The van der Waals surface area contributed by atoms with Gasteiger partial charge in [-0.1, -0.05) is 70.9 Å². The summed E-state index contributed by atoms with van der Waals surface area (Å²) in [5, 5.41) is 11.8. The average Bonchev–Trinajstić information content (AvgIpc) is 2.85. The standard InChI is InChI=1S/C21H20N2O4S.3C2H6/c1-14-4-9-18(10-5-14)28(26,27)22-20-11-6-15(2)12-19(20)21(24)17-8-7-16(3)23(25)13-17;3*1-2/h4-13,22H,1-3H3;3*1-2H3. The number of rotatable bonds is 5. The van der Waals surface area contributed by atoms with Gasteiger partial charge in [0.1, 0.15) is 0 Å². The Labute approximate surface area is 205 Å². The van der Waals surface area contributed by atoms with Crippen LogP contribution in [0.25, 0.3) is 0 Å². The summed E-state index contributed by atoms with van der Waals surface area (Å²) in [4.78, 5) is 13.1. The molecule has 2 aromatic carbocycles. The van der Waals surface area contributed by atoms with Gasteiger partial charge in [-0.2, -0.15) is 4.73 Å². The summed E-state index contributed by atoms with van der Waals surface area (Å²) in [5.41, 5.74) is 2.72. The number of pyridine rings is 1. The van der Waals surface area contributed by atoms with Crippen LogP contribution in [0.3, 0.4) is 0 Å². The second kappa shape index (κ2) is 14.9. The Balaban J connectivity index is 0.00000168. The van der Waals surface area contributed by atoms with Gasteiger partial charge in [0.05, 0.1) is 16.1 Å². The van der Waals surface area contributed by atoms with Crippen LogP contribution >= 0.6 is 0 Å². The van der Waals surface area contributed by atoms with Crippen molar-refractivity contribution in [2.24, 2.45) is 0 Å². The van der Waals surface area contributed by atoms with Crippen molar-refractivity contribution in [3.05, 3.63) is 93.9 Å².